The highest BCUT2D eigenvalue weighted by Crippen LogP contribution is 2.43. The summed E-state index contributed by atoms with van der Waals surface area (Å²) in [6, 6.07) is 141. The largest absolute Gasteiger partial charge is 0.334 e. The smallest absolute Gasteiger partial charge is 0.149 e. The van der Waals surface area contributed by atoms with Crippen LogP contribution in [0, 0.1) is 0 Å². The van der Waals surface area contributed by atoms with Crippen LogP contribution in [0.15, 0.2) is 400 Å². The molecule has 0 radical (unpaired) electrons. The summed E-state index contributed by atoms with van der Waals surface area (Å²) in [6.45, 7) is 0. The summed E-state index contributed by atoms with van der Waals surface area (Å²) in [5.41, 5.74) is 45.9. The first kappa shape index (κ1) is 68.0. The third-order valence-corrected chi connectivity index (χ3v) is 20.3. The number of nitrogens with zero attached hydrogens (tertiary/aromatic N) is 4. The number of para-hydroxylation sites is 6. The number of nitrogens with one attached hydrogen (secondary N) is 6. The zero-order valence-corrected chi connectivity index (χ0v) is 59.6. The normalized spacial score (nSPS) is 17.4. The number of hydrogen-bond donors (Lipinski definition) is 6. The Bertz CT molecular complexity index is 4790. The van der Waals surface area contributed by atoms with Crippen LogP contribution >= 0.6 is 0 Å². The molecule has 6 unspecified atom stereocenters. The summed E-state index contributed by atoms with van der Waals surface area (Å²) in [6.07, 6.45) is -2.03. The molecule has 3 heterocycles. The van der Waals surface area contributed by atoms with Crippen LogP contribution in [0.1, 0.15) is 70.7 Å². The van der Waals surface area contributed by atoms with E-state index < -0.39 is 0 Å². The lowest BCUT2D eigenvalue weighted by Gasteiger charge is -2.26. The summed E-state index contributed by atoms with van der Waals surface area (Å²) >= 11 is 0. The van der Waals surface area contributed by atoms with Gasteiger partial charge in [-0.05, 0) is 212 Å². The summed E-state index contributed by atoms with van der Waals surface area (Å²) in [5, 5.41) is 0. The SMILES string of the molecule is c1ccc(N(c2ccccc2)c2ccc(C3NNC(c4ccc(-c5ccc(N(c6ccc(-c7ccc(C8NNC(c9ccc(N(c%10ccccc%10)c%10ccccc%10)cc9)O8)cc7)cc6)c6ccc(-c7ccc(C8NNC(c9ccc(N(c%10ccccc%10)c%10ccccc%10)cc9)O8)cc7)cc6)cc5)cc4)O3)cc2)cc1. The van der Waals surface area contributed by atoms with Crippen molar-refractivity contribution in [2.24, 2.45) is 0 Å². The molecule has 3 saturated heterocycles. The van der Waals surface area contributed by atoms with Crippen molar-refractivity contribution in [2.75, 3.05) is 19.6 Å². The first-order chi connectivity index (χ1) is 54.0. The molecule has 530 valence electrons. The van der Waals surface area contributed by atoms with Crippen LogP contribution < -0.4 is 52.2 Å². The topological polar surface area (TPSA) is 113 Å². The van der Waals surface area contributed by atoms with Crippen LogP contribution in [0.4, 0.5) is 68.2 Å². The monoisotopic (exact) mass is 1420 g/mol. The first-order valence-electron chi connectivity index (χ1n) is 36.9. The minimum Gasteiger partial charge on any atom is -0.334 e. The Labute approximate surface area is 635 Å². The zero-order valence-electron chi connectivity index (χ0n) is 59.6. The van der Waals surface area contributed by atoms with E-state index in [0.29, 0.717) is 0 Å². The van der Waals surface area contributed by atoms with E-state index in [4.69, 9.17) is 14.2 Å². The Hall–Kier alpha value is -12.9. The maximum atomic E-state index is 6.61. The third kappa shape index (κ3) is 14.8. The highest BCUT2D eigenvalue weighted by Gasteiger charge is 2.31. The lowest BCUT2D eigenvalue weighted by molar-refractivity contribution is 0.0340. The van der Waals surface area contributed by atoms with Crippen molar-refractivity contribution in [3.63, 3.8) is 0 Å². The number of ether oxygens (including phenoxy) is 3. The van der Waals surface area contributed by atoms with E-state index in [1.807, 2.05) is 36.4 Å². The van der Waals surface area contributed by atoms with Crippen molar-refractivity contribution in [3.8, 4) is 33.4 Å². The molecule has 0 amide bonds. The number of hydrazine groups is 3. The Morgan fingerprint density at radius 1 is 0.138 bits per heavy atom. The van der Waals surface area contributed by atoms with Crippen molar-refractivity contribution >= 4 is 68.2 Å². The van der Waals surface area contributed by atoms with Crippen molar-refractivity contribution in [1.82, 2.24) is 32.6 Å². The van der Waals surface area contributed by atoms with Gasteiger partial charge in [-0.15, -0.1) is 0 Å². The Balaban J connectivity index is 0.560. The molecule has 15 aromatic rings. The molecule has 0 aromatic heterocycles. The minimum absolute atomic E-state index is 0.336. The van der Waals surface area contributed by atoms with Gasteiger partial charge in [0, 0.05) is 68.2 Å². The van der Waals surface area contributed by atoms with E-state index in [1.54, 1.807) is 0 Å². The van der Waals surface area contributed by atoms with Crippen molar-refractivity contribution in [1.29, 1.82) is 0 Å². The molecule has 18 rings (SSSR count). The van der Waals surface area contributed by atoms with Crippen LogP contribution in [0.5, 0.6) is 0 Å². The number of hydrogen-bond acceptors (Lipinski definition) is 13. The molecule has 0 aliphatic carbocycles. The van der Waals surface area contributed by atoms with Crippen LogP contribution in [0.3, 0.4) is 0 Å². The Morgan fingerprint density at radius 3 is 0.413 bits per heavy atom. The molecule has 3 aliphatic rings. The van der Waals surface area contributed by atoms with Gasteiger partial charge < -0.3 is 33.8 Å². The number of rotatable bonds is 21. The zero-order chi connectivity index (χ0) is 72.7. The van der Waals surface area contributed by atoms with E-state index in [0.717, 1.165) is 135 Å². The number of anilines is 12. The van der Waals surface area contributed by atoms with Gasteiger partial charge in [0.1, 0.15) is 37.4 Å². The van der Waals surface area contributed by atoms with Crippen molar-refractivity contribution in [2.45, 2.75) is 37.4 Å². The molecule has 3 aliphatic heterocycles. The highest BCUT2D eigenvalue weighted by atomic mass is 16.6. The number of benzene rings is 15. The van der Waals surface area contributed by atoms with E-state index in [9.17, 15) is 0 Å². The van der Waals surface area contributed by atoms with E-state index >= 15 is 0 Å². The molecular weight excluding hydrogens is 1340 g/mol. The molecular formula is C96H78N10O3. The highest BCUT2D eigenvalue weighted by molar-refractivity contribution is 5.83. The molecule has 6 N–H and O–H groups in total. The van der Waals surface area contributed by atoms with Gasteiger partial charge in [-0.1, -0.05) is 255 Å². The molecule has 13 nitrogen and oxygen atoms in total. The standard InChI is InChI=1S/C96H78N10O3/c1-7-19-79(20-8-1)103(80-21-9-2-10-22-80)88-61-49-76(50-62-88)94-100-97-91(107-94)73-37-31-67(32-38-73)70-43-55-85(56-44-70)106(86-57-45-71(46-58-86)68-33-39-74(40-34-68)92-98-101-95(108-92)77-51-63-89(64-52-77)104(81-23-11-3-12-24-81)82-25-13-4-14-26-82)87-59-47-72(48-60-87)69-35-41-75(42-36-69)93-99-102-96(109-93)78-53-65-90(66-54-78)105(83-27-15-5-16-28-83)84-29-17-6-18-30-84/h1-66,91-102H. The van der Waals surface area contributed by atoms with Crippen molar-refractivity contribution < 1.29 is 14.2 Å². The second-order valence-electron chi connectivity index (χ2n) is 27.2. The van der Waals surface area contributed by atoms with E-state index in [2.05, 4.69) is 416 Å². The van der Waals surface area contributed by atoms with Gasteiger partial charge in [-0.25, -0.2) is 32.6 Å². The predicted octanol–water partition coefficient (Wildman–Crippen LogP) is 23.0. The molecule has 0 spiro atoms. The van der Waals surface area contributed by atoms with E-state index in [-0.39, 0.29) is 37.4 Å². The predicted molar refractivity (Wildman–Crippen MR) is 439 cm³/mol. The molecule has 6 atom stereocenters. The second kappa shape index (κ2) is 31.3. The summed E-state index contributed by atoms with van der Waals surface area (Å²) < 4.78 is 19.8. The maximum Gasteiger partial charge on any atom is 0.149 e. The maximum absolute atomic E-state index is 6.61. The van der Waals surface area contributed by atoms with Crippen molar-refractivity contribution in [3.05, 3.63) is 434 Å². The first-order valence-corrected chi connectivity index (χ1v) is 36.9. The average molecular weight is 1420 g/mol. The lowest BCUT2D eigenvalue weighted by Crippen LogP contribution is -2.26. The van der Waals surface area contributed by atoms with Gasteiger partial charge in [-0.3, -0.25) is 0 Å². The van der Waals surface area contributed by atoms with E-state index in [1.165, 1.54) is 0 Å². The molecule has 0 bridgehead atoms. The fourth-order valence-corrected chi connectivity index (χ4v) is 14.6. The van der Waals surface area contributed by atoms with Gasteiger partial charge in [0.05, 0.1) is 0 Å². The fraction of sp³-hybridized carbons (Fsp3) is 0.0625. The fourth-order valence-electron chi connectivity index (χ4n) is 14.6. The molecule has 0 saturated carbocycles. The average Bonchev–Trinajstić information content (AvgIpc) is 1.55. The molecule has 15 aromatic carbocycles. The summed E-state index contributed by atoms with van der Waals surface area (Å²) in [7, 11) is 0. The summed E-state index contributed by atoms with van der Waals surface area (Å²) in [4.78, 5) is 9.10. The van der Waals surface area contributed by atoms with Gasteiger partial charge in [0.15, 0.2) is 0 Å². The molecule has 109 heavy (non-hydrogen) atoms. The minimum atomic E-state index is -0.342. The Kier molecular flexibility index (Phi) is 19.5. The third-order valence-electron chi connectivity index (χ3n) is 20.3. The van der Waals surface area contributed by atoms with Crippen LogP contribution in [0.2, 0.25) is 0 Å². The molecule has 3 fully saturated rings. The van der Waals surface area contributed by atoms with Gasteiger partial charge >= 0.3 is 0 Å². The molecule has 13 heteroatoms. The quantitative estimate of drug-likeness (QED) is 0.0411. The summed E-state index contributed by atoms with van der Waals surface area (Å²) in [5.74, 6) is 0. The van der Waals surface area contributed by atoms with Crippen LogP contribution in [-0.2, 0) is 14.2 Å². The Morgan fingerprint density at radius 2 is 0.257 bits per heavy atom. The van der Waals surface area contributed by atoms with Gasteiger partial charge in [0.25, 0.3) is 0 Å². The van der Waals surface area contributed by atoms with Gasteiger partial charge in [0.2, 0.25) is 0 Å². The second-order valence-corrected chi connectivity index (χ2v) is 27.2. The van der Waals surface area contributed by atoms with Crippen LogP contribution in [-0.4, -0.2) is 0 Å². The van der Waals surface area contributed by atoms with Crippen LogP contribution in [0.25, 0.3) is 33.4 Å². The van der Waals surface area contributed by atoms with Gasteiger partial charge in [-0.2, -0.15) is 0 Å². The lowest BCUT2D eigenvalue weighted by atomic mass is 10.0.